The zero-order valence-corrected chi connectivity index (χ0v) is 22.5. The van der Waals surface area contributed by atoms with E-state index in [1.807, 2.05) is 6.92 Å². The van der Waals surface area contributed by atoms with E-state index in [0.717, 1.165) is 11.3 Å². The third-order valence-corrected chi connectivity index (χ3v) is 7.27. The van der Waals surface area contributed by atoms with Crippen molar-refractivity contribution in [1.29, 1.82) is 0 Å². The van der Waals surface area contributed by atoms with Gasteiger partial charge in [-0.15, -0.1) is 0 Å². The minimum absolute atomic E-state index is 0.0369. The van der Waals surface area contributed by atoms with Crippen molar-refractivity contribution in [2.24, 2.45) is 0 Å². The summed E-state index contributed by atoms with van der Waals surface area (Å²) in [5, 5.41) is 2.39. The zero-order chi connectivity index (χ0) is 28.2. The van der Waals surface area contributed by atoms with Gasteiger partial charge in [0.15, 0.2) is 0 Å². The Labute approximate surface area is 229 Å². The fourth-order valence-corrected chi connectivity index (χ4v) is 4.76. The number of rotatable bonds is 10. The minimum atomic E-state index is -3.98. The van der Waals surface area contributed by atoms with E-state index < -0.39 is 27.8 Å². The molecule has 0 spiro atoms. The fourth-order valence-electron chi connectivity index (χ4n) is 3.60. The molecule has 0 unspecified atom stereocenters. The number of anilines is 3. The van der Waals surface area contributed by atoms with Gasteiger partial charge in [-0.05, 0) is 55.8 Å². The lowest BCUT2D eigenvalue weighted by molar-refractivity contribution is -0.120. The number of imide groups is 1. The number of nitrogens with one attached hydrogen (secondary N) is 2. The van der Waals surface area contributed by atoms with Gasteiger partial charge in [-0.25, -0.2) is 32.8 Å². The number of carbonyl (C=O) groups is 3. The van der Waals surface area contributed by atoms with Crippen molar-refractivity contribution >= 4 is 56.7 Å². The highest BCUT2D eigenvalue weighted by atomic mass is 35.5. The number of amides is 2. The van der Waals surface area contributed by atoms with Crippen LogP contribution in [-0.2, 0) is 24.3 Å². The summed E-state index contributed by atoms with van der Waals surface area (Å²) < 4.78 is 33.0. The van der Waals surface area contributed by atoms with Crippen molar-refractivity contribution in [3.8, 4) is 0 Å². The van der Waals surface area contributed by atoms with E-state index in [2.05, 4.69) is 20.0 Å². The summed E-state index contributed by atoms with van der Waals surface area (Å²) in [6.45, 7) is 3.86. The normalized spacial score (nSPS) is 13.6. The molecule has 39 heavy (non-hydrogen) atoms. The summed E-state index contributed by atoms with van der Waals surface area (Å²) in [5.74, 6) is -2.34. The van der Waals surface area contributed by atoms with Gasteiger partial charge in [0.2, 0.25) is 5.95 Å². The molecule has 202 valence electrons. The molecule has 0 bridgehead atoms. The molecule has 2 heterocycles. The fraction of sp³-hybridized carbons (Fsp3) is 0.192. The number of halogens is 1. The summed E-state index contributed by atoms with van der Waals surface area (Å²) in [6, 6.07) is 13.1. The SMILES string of the molecule is CCCCOC(=O)c1ccccc1N1C(=O)C(Cl)=C(Nc2ccc(S(=O)(=O)Nc3nccc(C)n3)cc2)C1=O. The van der Waals surface area contributed by atoms with Crippen LogP contribution in [0.15, 0.2) is 76.4 Å². The molecule has 3 aromatic rings. The predicted octanol–water partition coefficient (Wildman–Crippen LogP) is 3.98. The average molecular weight is 570 g/mol. The Bertz CT molecular complexity index is 1570. The molecule has 1 aliphatic rings. The van der Waals surface area contributed by atoms with E-state index >= 15 is 0 Å². The van der Waals surface area contributed by atoms with Gasteiger partial charge in [0.05, 0.1) is 22.8 Å². The molecular weight excluding hydrogens is 546 g/mol. The number of carbonyl (C=O) groups excluding carboxylic acids is 3. The number of para-hydroxylation sites is 1. The van der Waals surface area contributed by atoms with E-state index in [9.17, 15) is 22.8 Å². The summed E-state index contributed by atoms with van der Waals surface area (Å²) in [5.41, 5.74) is 0.741. The number of aryl methyl sites for hydroxylation is 1. The number of unbranched alkanes of at least 4 members (excludes halogenated alkanes) is 1. The first-order valence-electron chi connectivity index (χ1n) is 11.9. The van der Waals surface area contributed by atoms with Crippen molar-refractivity contribution < 1.29 is 27.5 Å². The molecule has 0 fully saturated rings. The second-order valence-electron chi connectivity index (χ2n) is 8.42. The van der Waals surface area contributed by atoms with Crippen molar-refractivity contribution in [3.05, 3.63) is 82.8 Å². The van der Waals surface area contributed by atoms with Crippen LogP contribution in [0.25, 0.3) is 0 Å². The van der Waals surface area contributed by atoms with Crippen LogP contribution < -0.4 is 14.9 Å². The quantitative estimate of drug-likeness (QED) is 0.210. The Morgan fingerprint density at radius 2 is 1.77 bits per heavy atom. The van der Waals surface area contributed by atoms with Crippen molar-refractivity contribution in [2.75, 3.05) is 21.5 Å². The molecule has 2 N–H and O–H groups in total. The number of hydrogen-bond donors (Lipinski definition) is 2. The van der Waals surface area contributed by atoms with Gasteiger partial charge < -0.3 is 10.1 Å². The Hall–Kier alpha value is -4.29. The van der Waals surface area contributed by atoms with Crippen LogP contribution in [0.1, 0.15) is 35.8 Å². The zero-order valence-electron chi connectivity index (χ0n) is 21.0. The lowest BCUT2D eigenvalue weighted by Gasteiger charge is -2.18. The third kappa shape index (κ3) is 6.07. The van der Waals surface area contributed by atoms with Crippen LogP contribution in [0, 0.1) is 6.92 Å². The number of aromatic nitrogens is 2. The van der Waals surface area contributed by atoms with E-state index in [1.165, 1.54) is 42.6 Å². The molecular formula is C26H24ClN5O6S. The van der Waals surface area contributed by atoms with Crippen LogP contribution in [0.4, 0.5) is 17.3 Å². The molecule has 0 saturated heterocycles. The Balaban J connectivity index is 1.52. The first-order chi connectivity index (χ1) is 18.6. The lowest BCUT2D eigenvalue weighted by Crippen LogP contribution is -2.33. The standard InChI is InChI=1S/C26H24ClN5O6S/c1-3-4-15-38-25(35)19-7-5-6-8-20(19)32-23(33)21(27)22(24(32)34)30-17-9-11-18(12-10-17)39(36,37)31-26-28-14-13-16(2)29-26/h5-14,30H,3-4,15H2,1-2H3,(H,28,29,31). The van der Waals surface area contributed by atoms with Gasteiger partial charge in [0, 0.05) is 17.6 Å². The summed E-state index contributed by atoms with van der Waals surface area (Å²) >= 11 is 6.23. The molecule has 0 atom stereocenters. The van der Waals surface area contributed by atoms with Gasteiger partial charge in [0.25, 0.3) is 21.8 Å². The maximum absolute atomic E-state index is 13.3. The first kappa shape index (κ1) is 27.7. The van der Waals surface area contributed by atoms with E-state index in [-0.39, 0.29) is 39.4 Å². The lowest BCUT2D eigenvalue weighted by atomic mass is 10.1. The van der Waals surface area contributed by atoms with Crippen LogP contribution >= 0.6 is 11.6 Å². The van der Waals surface area contributed by atoms with Crippen molar-refractivity contribution in [2.45, 2.75) is 31.6 Å². The van der Waals surface area contributed by atoms with Gasteiger partial charge in [-0.1, -0.05) is 37.1 Å². The molecule has 1 aromatic heterocycles. The first-order valence-corrected chi connectivity index (χ1v) is 13.7. The Kier molecular flexibility index (Phi) is 8.27. The molecule has 2 amide bonds. The minimum Gasteiger partial charge on any atom is -0.462 e. The van der Waals surface area contributed by atoms with Crippen molar-refractivity contribution in [3.63, 3.8) is 0 Å². The maximum atomic E-state index is 13.3. The van der Waals surface area contributed by atoms with E-state index in [1.54, 1.807) is 25.1 Å². The summed E-state index contributed by atoms with van der Waals surface area (Å²) in [6.07, 6.45) is 2.94. The Morgan fingerprint density at radius 3 is 2.46 bits per heavy atom. The highest BCUT2D eigenvalue weighted by Gasteiger charge is 2.40. The number of esters is 1. The monoisotopic (exact) mass is 569 g/mol. The van der Waals surface area contributed by atoms with E-state index in [0.29, 0.717) is 17.8 Å². The smallest absolute Gasteiger partial charge is 0.340 e. The molecule has 1 aliphatic heterocycles. The number of nitrogens with zero attached hydrogens (tertiary/aromatic N) is 3. The molecule has 13 heteroatoms. The summed E-state index contributed by atoms with van der Waals surface area (Å²) in [4.78, 5) is 47.5. The molecule has 0 aliphatic carbocycles. The average Bonchev–Trinajstić information content (AvgIpc) is 3.11. The van der Waals surface area contributed by atoms with Crippen molar-refractivity contribution in [1.82, 2.24) is 9.97 Å². The van der Waals surface area contributed by atoms with Gasteiger partial charge >= 0.3 is 5.97 Å². The van der Waals surface area contributed by atoms with Crippen LogP contribution in [0.3, 0.4) is 0 Å². The number of hydrogen-bond acceptors (Lipinski definition) is 9. The van der Waals surface area contributed by atoms with Gasteiger partial charge in [0.1, 0.15) is 10.7 Å². The highest BCUT2D eigenvalue weighted by molar-refractivity contribution is 7.92. The van der Waals surface area contributed by atoms with Gasteiger partial charge in [-0.3, -0.25) is 9.59 Å². The molecule has 0 saturated carbocycles. The molecule has 0 radical (unpaired) electrons. The summed E-state index contributed by atoms with van der Waals surface area (Å²) in [7, 11) is -3.98. The molecule has 2 aromatic carbocycles. The number of benzene rings is 2. The highest BCUT2D eigenvalue weighted by Crippen LogP contribution is 2.32. The molecule has 11 nitrogen and oxygen atoms in total. The maximum Gasteiger partial charge on any atom is 0.340 e. The van der Waals surface area contributed by atoms with Crippen LogP contribution in [0.5, 0.6) is 0 Å². The largest absolute Gasteiger partial charge is 0.462 e. The topological polar surface area (TPSA) is 148 Å². The second kappa shape index (κ2) is 11.6. The molecule has 4 rings (SSSR count). The van der Waals surface area contributed by atoms with Gasteiger partial charge in [-0.2, -0.15) is 0 Å². The predicted molar refractivity (Wildman–Crippen MR) is 145 cm³/mol. The third-order valence-electron chi connectivity index (χ3n) is 5.58. The number of ether oxygens (including phenoxy) is 1. The van der Waals surface area contributed by atoms with E-state index in [4.69, 9.17) is 16.3 Å². The van der Waals surface area contributed by atoms with Crippen LogP contribution in [0.2, 0.25) is 0 Å². The van der Waals surface area contributed by atoms with Crippen LogP contribution in [-0.4, -0.2) is 42.8 Å². The Morgan fingerprint density at radius 1 is 1.05 bits per heavy atom. The number of sulfonamides is 1. The second-order valence-corrected chi connectivity index (χ2v) is 10.5.